The normalized spacial score (nSPS) is 12.4. The number of thioether (sulfide) groups is 1. The van der Waals surface area contributed by atoms with Gasteiger partial charge in [-0.15, -0.1) is 11.8 Å². The number of aliphatic hydroxyl groups is 1. The van der Waals surface area contributed by atoms with Crippen molar-refractivity contribution < 1.29 is 5.11 Å². The summed E-state index contributed by atoms with van der Waals surface area (Å²) < 4.78 is 0. The summed E-state index contributed by atoms with van der Waals surface area (Å²) in [7, 11) is 0. The van der Waals surface area contributed by atoms with Crippen LogP contribution in [-0.2, 0) is 0 Å². The minimum absolute atomic E-state index is 0.465. The van der Waals surface area contributed by atoms with E-state index >= 15 is 0 Å². The predicted octanol–water partition coefficient (Wildman–Crippen LogP) is 4.47. The molecule has 1 unspecified atom stereocenters. The van der Waals surface area contributed by atoms with Crippen molar-refractivity contribution in [2.75, 3.05) is 5.75 Å². The molecule has 1 nitrogen and oxygen atoms in total. The fourth-order valence-corrected chi connectivity index (χ4v) is 2.77. The van der Waals surface area contributed by atoms with Crippen molar-refractivity contribution in [1.82, 2.24) is 0 Å². The number of hydrogen-bond acceptors (Lipinski definition) is 2. The van der Waals surface area contributed by atoms with Crippen molar-refractivity contribution in [3.8, 4) is 0 Å². The topological polar surface area (TPSA) is 20.2 Å². The van der Waals surface area contributed by atoms with Gasteiger partial charge >= 0.3 is 0 Å². The van der Waals surface area contributed by atoms with Gasteiger partial charge in [-0.05, 0) is 36.8 Å². The van der Waals surface area contributed by atoms with E-state index in [9.17, 15) is 5.11 Å². The van der Waals surface area contributed by atoms with Crippen LogP contribution in [-0.4, -0.2) is 10.9 Å². The summed E-state index contributed by atoms with van der Waals surface area (Å²) in [6, 6.07) is 15.6. The molecule has 1 atom stereocenters. The third kappa shape index (κ3) is 3.77. The molecular formula is C15H15ClOS. The molecule has 0 heterocycles. The van der Waals surface area contributed by atoms with Crippen LogP contribution in [0, 0.1) is 6.92 Å². The molecule has 0 bridgehead atoms. The second-order valence-electron chi connectivity index (χ2n) is 4.19. The molecule has 0 saturated heterocycles. The third-order valence-electron chi connectivity index (χ3n) is 2.65. The second kappa shape index (κ2) is 6.28. The highest BCUT2D eigenvalue weighted by molar-refractivity contribution is 7.99. The lowest BCUT2D eigenvalue weighted by molar-refractivity contribution is 0.204. The van der Waals surface area contributed by atoms with Gasteiger partial charge in [-0.25, -0.2) is 0 Å². The highest BCUT2D eigenvalue weighted by Crippen LogP contribution is 2.25. The molecule has 2 rings (SSSR count). The molecule has 2 aromatic carbocycles. The Morgan fingerprint density at radius 3 is 2.56 bits per heavy atom. The summed E-state index contributed by atoms with van der Waals surface area (Å²) in [4.78, 5) is 1.18. The first kappa shape index (κ1) is 13.5. The molecule has 0 amide bonds. The molecule has 0 aliphatic heterocycles. The number of rotatable bonds is 4. The van der Waals surface area contributed by atoms with Crippen LogP contribution in [0.2, 0.25) is 5.02 Å². The molecule has 0 spiro atoms. The lowest BCUT2D eigenvalue weighted by atomic mass is 10.1. The van der Waals surface area contributed by atoms with E-state index in [0.29, 0.717) is 10.8 Å². The van der Waals surface area contributed by atoms with Gasteiger partial charge < -0.3 is 5.11 Å². The maximum Gasteiger partial charge on any atom is 0.0883 e. The summed E-state index contributed by atoms with van der Waals surface area (Å²) in [5.74, 6) is 0.644. The molecule has 3 heteroatoms. The Morgan fingerprint density at radius 1 is 1.17 bits per heavy atom. The number of aryl methyl sites for hydroxylation is 1. The summed E-state index contributed by atoms with van der Waals surface area (Å²) in [5, 5.41) is 10.8. The van der Waals surface area contributed by atoms with Gasteiger partial charge in [0.15, 0.2) is 0 Å². The van der Waals surface area contributed by atoms with Crippen LogP contribution in [0.25, 0.3) is 0 Å². The first-order chi connectivity index (χ1) is 8.65. The van der Waals surface area contributed by atoms with E-state index in [2.05, 4.69) is 25.1 Å². The fourth-order valence-electron chi connectivity index (χ4n) is 1.66. The largest absolute Gasteiger partial charge is 0.388 e. The molecular weight excluding hydrogens is 264 g/mol. The summed E-state index contributed by atoms with van der Waals surface area (Å²) in [5.41, 5.74) is 2.14. The van der Waals surface area contributed by atoms with E-state index in [1.54, 1.807) is 23.9 Å². The van der Waals surface area contributed by atoms with E-state index in [-0.39, 0.29) is 0 Å². The van der Waals surface area contributed by atoms with E-state index < -0.39 is 6.10 Å². The molecule has 0 saturated carbocycles. The second-order valence-corrected chi connectivity index (χ2v) is 5.72. The Morgan fingerprint density at radius 2 is 1.89 bits per heavy atom. The smallest absolute Gasteiger partial charge is 0.0883 e. The molecule has 18 heavy (non-hydrogen) atoms. The third-order valence-corrected chi connectivity index (χ3v) is 3.97. The molecule has 0 fully saturated rings. The quantitative estimate of drug-likeness (QED) is 0.833. The number of aliphatic hydroxyl groups excluding tert-OH is 1. The number of benzene rings is 2. The first-order valence-electron chi connectivity index (χ1n) is 5.78. The number of hydrogen-bond donors (Lipinski definition) is 1. The Kier molecular flexibility index (Phi) is 4.70. The first-order valence-corrected chi connectivity index (χ1v) is 7.14. The average Bonchev–Trinajstić information content (AvgIpc) is 2.37. The molecule has 0 aromatic heterocycles. The standard InChI is InChI=1S/C15H15ClOS/c1-11-3-2-4-14(9-11)18-10-15(17)12-5-7-13(16)8-6-12/h2-9,15,17H,10H2,1H3. The van der Waals surface area contributed by atoms with Gasteiger partial charge in [0.25, 0.3) is 0 Å². The molecule has 1 N–H and O–H groups in total. The highest BCUT2D eigenvalue weighted by Gasteiger charge is 2.08. The summed E-state index contributed by atoms with van der Waals surface area (Å²) in [6.45, 7) is 2.07. The van der Waals surface area contributed by atoms with Gasteiger partial charge in [-0.3, -0.25) is 0 Å². The van der Waals surface area contributed by atoms with Crippen molar-refractivity contribution in [1.29, 1.82) is 0 Å². The zero-order valence-corrected chi connectivity index (χ0v) is 11.7. The SMILES string of the molecule is Cc1cccc(SCC(O)c2ccc(Cl)cc2)c1. The molecule has 94 valence electrons. The van der Waals surface area contributed by atoms with Gasteiger partial charge in [-0.2, -0.15) is 0 Å². The minimum atomic E-state index is -0.465. The van der Waals surface area contributed by atoms with Crippen molar-refractivity contribution in [3.05, 3.63) is 64.7 Å². The summed E-state index contributed by atoms with van der Waals surface area (Å²) in [6.07, 6.45) is -0.465. The van der Waals surface area contributed by atoms with Crippen LogP contribution in [0.3, 0.4) is 0 Å². The lowest BCUT2D eigenvalue weighted by Gasteiger charge is -2.11. The van der Waals surface area contributed by atoms with Gasteiger partial charge in [0.2, 0.25) is 0 Å². The van der Waals surface area contributed by atoms with Crippen LogP contribution >= 0.6 is 23.4 Å². The van der Waals surface area contributed by atoms with E-state index in [1.165, 1.54) is 10.5 Å². The monoisotopic (exact) mass is 278 g/mol. The van der Waals surface area contributed by atoms with Gasteiger partial charge in [-0.1, -0.05) is 41.4 Å². The maximum atomic E-state index is 10.1. The Hall–Kier alpha value is -0.960. The van der Waals surface area contributed by atoms with Crippen molar-refractivity contribution in [2.24, 2.45) is 0 Å². The van der Waals surface area contributed by atoms with E-state index in [1.807, 2.05) is 18.2 Å². The van der Waals surface area contributed by atoms with E-state index in [0.717, 1.165) is 5.56 Å². The molecule has 0 radical (unpaired) electrons. The zero-order valence-electron chi connectivity index (χ0n) is 10.1. The zero-order chi connectivity index (χ0) is 13.0. The maximum absolute atomic E-state index is 10.1. The van der Waals surface area contributed by atoms with Crippen LogP contribution in [0.4, 0.5) is 0 Å². The Balaban J connectivity index is 1.96. The van der Waals surface area contributed by atoms with E-state index in [4.69, 9.17) is 11.6 Å². The highest BCUT2D eigenvalue weighted by atomic mass is 35.5. The van der Waals surface area contributed by atoms with Gasteiger partial charge in [0, 0.05) is 15.7 Å². The minimum Gasteiger partial charge on any atom is -0.388 e. The average molecular weight is 279 g/mol. The van der Waals surface area contributed by atoms with Crippen LogP contribution in [0.5, 0.6) is 0 Å². The van der Waals surface area contributed by atoms with Gasteiger partial charge in [0.1, 0.15) is 0 Å². The van der Waals surface area contributed by atoms with Crippen molar-refractivity contribution in [3.63, 3.8) is 0 Å². The van der Waals surface area contributed by atoms with Crippen LogP contribution in [0.1, 0.15) is 17.2 Å². The summed E-state index contributed by atoms with van der Waals surface area (Å²) >= 11 is 7.48. The number of halogens is 1. The van der Waals surface area contributed by atoms with Crippen molar-refractivity contribution >= 4 is 23.4 Å². The predicted molar refractivity (Wildman–Crippen MR) is 78.3 cm³/mol. The Labute approximate surface area is 117 Å². The van der Waals surface area contributed by atoms with Crippen molar-refractivity contribution in [2.45, 2.75) is 17.9 Å². The van der Waals surface area contributed by atoms with Gasteiger partial charge in [0.05, 0.1) is 6.10 Å². The Bertz CT molecular complexity index is 510. The molecule has 0 aliphatic rings. The van der Waals surface area contributed by atoms with Crippen LogP contribution in [0.15, 0.2) is 53.4 Å². The molecule has 2 aromatic rings. The molecule has 0 aliphatic carbocycles. The fraction of sp³-hybridized carbons (Fsp3) is 0.200. The van der Waals surface area contributed by atoms with Crippen LogP contribution < -0.4 is 0 Å². The lowest BCUT2D eigenvalue weighted by Crippen LogP contribution is -2.00.